The molecule has 0 atom stereocenters. The Morgan fingerprint density at radius 3 is 2.43 bits per heavy atom. The van der Waals surface area contributed by atoms with E-state index in [-0.39, 0.29) is 5.54 Å². The molecule has 1 N–H and O–H groups in total. The fraction of sp³-hybridized carbons (Fsp3) is 0.467. The van der Waals surface area contributed by atoms with Crippen molar-refractivity contribution in [3.63, 3.8) is 0 Å². The van der Waals surface area contributed by atoms with E-state index in [4.69, 9.17) is 23.2 Å². The summed E-state index contributed by atoms with van der Waals surface area (Å²) in [6.07, 6.45) is 1.94. The van der Waals surface area contributed by atoms with E-state index in [0.29, 0.717) is 10.0 Å². The fourth-order valence-corrected chi connectivity index (χ4v) is 3.50. The number of aromatic nitrogens is 2. The first-order chi connectivity index (χ1) is 9.87. The predicted molar refractivity (Wildman–Crippen MR) is 91.4 cm³/mol. The molecule has 0 radical (unpaired) electrons. The van der Waals surface area contributed by atoms with Gasteiger partial charge in [0.05, 0.1) is 10.0 Å². The van der Waals surface area contributed by atoms with Crippen LogP contribution in [0.4, 0.5) is 0 Å². The van der Waals surface area contributed by atoms with Crippen molar-refractivity contribution in [1.29, 1.82) is 0 Å². The lowest BCUT2D eigenvalue weighted by atomic mass is 10.1. The van der Waals surface area contributed by atoms with Crippen molar-refractivity contribution in [2.45, 2.75) is 39.2 Å². The summed E-state index contributed by atoms with van der Waals surface area (Å²) < 4.78 is 0. The summed E-state index contributed by atoms with van der Waals surface area (Å²) >= 11 is 13.9. The summed E-state index contributed by atoms with van der Waals surface area (Å²) in [5.41, 5.74) is 0.926. The number of nitrogens with one attached hydrogen (secondary N) is 1. The zero-order valence-electron chi connectivity index (χ0n) is 12.4. The highest BCUT2D eigenvalue weighted by Gasteiger charge is 2.14. The Kier molecular flexibility index (Phi) is 5.60. The highest BCUT2D eigenvalue weighted by molar-refractivity contribution is 7.14. The first kappa shape index (κ1) is 16.7. The molecule has 3 nitrogen and oxygen atoms in total. The third kappa shape index (κ3) is 4.92. The molecule has 6 heteroatoms. The predicted octanol–water partition coefficient (Wildman–Crippen LogP) is 4.83. The summed E-state index contributed by atoms with van der Waals surface area (Å²) in [7, 11) is 0. The van der Waals surface area contributed by atoms with Crippen LogP contribution in [0.2, 0.25) is 10.0 Å². The second kappa shape index (κ2) is 7.05. The number of benzene rings is 1. The van der Waals surface area contributed by atoms with Crippen LogP contribution in [0, 0.1) is 0 Å². The normalized spacial score (nSPS) is 11.9. The first-order valence-electron chi connectivity index (χ1n) is 6.88. The second-order valence-corrected chi connectivity index (χ2v) is 7.75. The molecular formula is C15H19Cl2N3S. The molecule has 0 amide bonds. The van der Waals surface area contributed by atoms with Gasteiger partial charge in [0, 0.05) is 17.5 Å². The molecule has 0 spiro atoms. The fourth-order valence-electron chi connectivity index (χ4n) is 1.86. The molecule has 0 saturated heterocycles. The average Bonchev–Trinajstić information content (AvgIpc) is 2.82. The van der Waals surface area contributed by atoms with Gasteiger partial charge < -0.3 is 5.32 Å². The van der Waals surface area contributed by atoms with Crippen LogP contribution >= 0.6 is 34.5 Å². The average molecular weight is 344 g/mol. The Hall–Kier alpha value is -0.680. The number of hydrogen-bond acceptors (Lipinski definition) is 4. The van der Waals surface area contributed by atoms with Crippen molar-refractivity contribution in [1.82, 2.24) is 15.5 Å². The highest BCUT2D eigenvalue weighted by Crippen LogP contribution is 2.36. The van der Waals surface area contributed by atoms with Gasteiger partial charge in [-0.05, 0) is 45.9 Å². The van der Waals surface area contributed by atoms with E-state index in [1.807, 2.05) is 18.2 Å². The zero-order valence-corrected chi connectivity index (χ0v) is 14.7. The Labute approximate surface area is 139 Å². The maximum absolute atomic E-state index is 6.19. The molecule has 1 heterocycles. The molecule has 114 valence electrons. The molecular weight excluding hydrogens is 325 g/mol. The molecule has 0 aliphatic rings. The summed E-state index contributed by atoms with van der Waals surface area (Å²) in [4.78, 5) is 0. The minimum atomic E-state index is 0.150. The quantitative estimate of drug-likeness (QED) is 0.789. The largest absolute Gasteiger partial charge is 0.312 e. The summed E-state index contributed by atoms with van der Waals surface area (Å²) in [5.74, 6) is 0. The van der Waals surface area contributed by atoms with Crippen molar-refractivity contribution >= 4 is 34.5 Å². The Morgan fingerprint density at radius 1 is 1.14 bits per heavy atom. The molecule has 0 aliphatic carbocycles. The number of rotatable bonds is 5. The molecule has 0 bridgehead atoms. The van der Waals surface area contributed by atoms with Gasteiger partial charge in [0.1, 0.15) is 5.01 Å². The summed E-state index contributed by atoms with van der Waals surface area (Å²) in [6.45, 7) is 7.45. The van der Waals surface area contributed by atoms with Crippen molar-refractivity contribution in [2.75, 3.05) is 6.54 Å². The molecule has 1 aromatic heterocycles. The third-order valence-corrected chi connectivity index (χ3v) is 4.50. The third-order valence-electron chi connectivity index (χ3n) is 2.87. The molecule has 21 heavy (non-hydrogen) atoms. The molecule has 0 saturated carbocycles. The molecule has 2 aromatic rings. The standard InChI is InChI=1S/C15H19Cl2N3S/c1-15(2,3)18-9-5-8-12-19-20-14(21-12)13-10(16)6-4-7-11(13)17/h4,6-7,18H,5,8-9H2,1-3H3. The van der Waals surface area contributed by atoms with E-state index in [9.17, 15) is 0 Å². The smallest absolute Gasteiger partial charge is 0.150 e. The lowest BCUT2D eigenvalue weighted by molar-refractivity contribution is 0.422. The molecule has 0 aliphatic heterocycles. The van der Waals surface area contributed by atoms with Gasteiger partial charge in [-0.1, -0.05) is 40.6 Å². The highest BCUT2D eigenvalue weighted by atomic mass is 35.5. The number of hydrogen-bond donors (Lipinski definition) is 1. The SMILES string of the molecule is CC(C)(C)NCCCc1nnc(-c2c(Cl)cccc2Cl)s1. The molecule has 0 unspecified atom stereocenters. The number of halogens is 2. The monoisotopic (exact) mass is 343 g/mol. The topological polar surface area (TPSA) is 37.8 Å². The lowest BCUT2D eigenvalue weighted by Crippen LogP contribution is -2.36. The van der Waals surface area contributed by atoms with E-state index in [0.717, 1.165) is 35.0 Å². The van der Waals surface area contributed by atoms with Gasteiger partial charge >= 0.3 is 0 Å². The van der Waals surface area contributed by atoms with Crippen LogP contribution in [0.25, 0.3) is 10.6 Å². The molecule has 1 aromatic carbocycles. The second-order valence-electron chi connectivity index (χ2n) is 5.88. The van der Waals surface area contributed by atoms with Crippen LogP contribution in [0.3, 0.4) is 0 Å². The van der Waals surface area contributed by atoms with Crippen molar-refractivity contribution in [3.8, 4) is 10.6 Å². The van der Waals surface area contributed by atoms with Crippen molar-refractivity contribution < 1.29 is 0 Å². The van der Waals surface area contributed by atoms with E-state index in [1.54, 1.807) is 11.3 Å². The molecule has 2 rings (SSSR count). The summed E-state index contributed by atoms with van der Waals surface area (Å²) in [6, 6.07) is 5.46. The van der Waals surface area contributed by atoms with Crippen molar-refractivity contribution in [3.05, 3.63) is 33.3 Å². The zero-order chi connectivity index (χ0) is 15.5. The minimum Gasteiger partial charge on any atom is -0.312 e. The number of nitrogens with zero attached hydrogens (tertiary/aromatic N) is 2. The van der Waals surface area contributed by atoms with Crippen LogP contribution in [0.1, 0.15) is 32.2 Å². The Bertz CT molecular complexity index is 585. The van der Waals surface area contributed by atoms with Crippen LogP contribution in [-0.2, 0) is 6.42 Å². The van der Waals surface area contributed by atoms with Gasteiger partial charge in [-0.3, -0.25) is 0 Å². The summed E-state index contributed by atoms with van der Waals surface area (Å²) in [5, 5.41) is 14.9. The lowest BCUT2D eigenvalue weighted by Gasteiger charge is -2.20. The maximum Gasteiger partial charge on any atom is 0.150 e. The first-order valence-corrected chi connectivity index (χ1v) is 8.46. The van der Waals surface area contributed by atoms with E-state index in [1.165, 1.54) is 0 Å². The van der Waals surface area contributed by atoms with Crippen LogP contribution in [0.15, 0.2) is 18.2 Å². The van der Waals surface area contributed by atoms with Crippen molar-refractivity contribution in [2.24, 2.45) is 0 Å². The van der Waals surface area contributed by atoms with Crippen LogP contribution in [-0.4, -0.2) is 22.3 Å². The Balaban J connectivity index is 1.99. The maximum atomic E-state index is 6.19. The van der Waals surface area contributed by atoms with Gasteiger partial charge in [-0.15, -0.1) is 10.2 Å². The van der Waals surface area contributed by atoms with E-state index < -0.39 is 0 Å². The van der Waals surface area contributed by atoms with Crippen LogP contribution < -0.4 is 5.32 Å². The van der Waals surface area contributed by atoms with Gasteiger partial charge in [-0.2, -0.15) is 0 Å². The van der Waals surface area contributed by atoms with Gasteiger partial charge in [-0.25, -0.2) is 0 Å². The number of aryl methyl sites for hydroxylation is 1. The van der Waals surface area contributed by atoms with E-state index >= 15 is 0 Å². The van der Waals surface area contributed by atoms with Crippen LogP contribution in [0.5, 0.6) is 0 Å². The van der Waals surface area contributed by atoms with Gasteiger partial charge in [0.2, 0.25) is 0 Å². The molecule has 0 fully saturated rings. The van der Waals surface area contributed by atoms with E-state index in [2.05, 4.69) is 36.3 Å². The van der Waals surface area contributed by atoms with Gasteiger partial charge in [0.15, 0.2) is 5.01 Å². The van der Waals surface area contributed by atoms with Gasteiger partial charge in [0.25, 0.3) is 0 Å². The Morgan fingerprint density at radius 2 is 1.81 bits per heavy atom. The minimum absolute atomic E-state index is 0.150.